The van der Waals surface area contributed by atoms with Crippen molar-refractivity contribution in [2.45, 2.75) is 5.92 Å². The van der Waals surface area contributed by atoms with Gasteiger partial charge in [0.15, 0.2) is 0 Å². The van der Waals surface area contributed by atoms with Crippen LogP contribution < -0.4 is 5.32 Å². The fraction of sp³-hybridized carbons (Fsp3) is 0.0625. The molecule has 0 bridgehead atoms. The number of aromatic nitrogens is 2. The van der Waals surface area contributed by atoms with E-state index in [0.29, 0.717) is 0 Å². The second-order valence-corrected chi connectivity index (χ2v) is 5.85. The first-order valence-corrected chi connectivity index (χ1v) is 7.33. The molecule has 0 saturated heterocycles. The smallest absolute Gasteiger partial charge is 0.238 e. The molecule has 4 rings (SSSR count). The number of fused-ring (bicyclic) bond motifs is 2. The van der Waals surface area contributed by atoms with Crippen molar-refractivity contribution in [3.05, 3.63) is 64.5 Å². The Hall–Kier alpha value is -2.27. The number of rotatable bonds is 1. The van der Waals surface area contributed by atoms with Gasteiger partial charge in [0.2, 0.25) is 5.91 Å². The SMILES string of the molecule is O=C1Nc2cc(Br)ccc2C1c1ncnc2ccccc12. The third kappa shape index (κ3) is 1.93. The van der Waals surface area contributed by atoms with E-state index < -0.39 is 0 Å². The van der Waals surface area contributed by atoms with Gasteiger partial charge < -0.3 is 5.32 Å². The molecule has 2 heterocycles. The number of benzene rings is 2. The van der Waals surface area contributed by atoms with Gasteiger partial charge in [-0.1, -0.05) is 40.2 Å². The Morgan fingerprint density at radius 3 is 2.86 bits per heavy atom. The first-order chi connectivity index (χ1) is 10.2. The minimum Gasteiger partial charge on any atom is -0.325 e. The van der Waals surface area contributed by atoms with Gasteiger partial charge in [-0.3, -0.25) is 4.79 Å². The number of anilines is 1. The summed E-state index contributed by atoms with van der Waals surface area (Å²) in [6.07, 6.45) is 1.52. The summed E-state index contributed by atoms with van der Waals surface area (Å²) in [5.74, 6) is -0.437. The number of halogens is 1. The number of amides is 1. The van der Waals surface area contributed by atoms with E-state index in [2.05, 4.69) is 31.2 Å². The van der Waals surface area contributed by atoms with Crippen LogP contribution in [0.2, 0.25) is 0 Å². The highest BCUT2D eigenvalue weighted by atomic mass is 79.9. The maximum absolute atomic E-state index is 12.4. The predicted octanol–water partition coefficient (Wildman–Crippen LogP) is 3.48. The van der Waals surface area contributed by atoms with E-state index in [1.807, 2.05) is 42.5 Å². The monoisotopic (exact) mass is 339 g/mol. The summed E-state index contributed by atoms with van der Waals surface area (Å²) in [5.41, 5.74) is 3.38. The fourth-order valence-corrected chi connectivity index (χ4v) is 3.12. The van der Waals surface area contributed by atoms with Crippen molar-refractivity contribution >= 4 is 38.4 Å². The summed E-state index contributed by atoms with van der Waals surface area (Å²) in [6.45, 7) is 0. The van der Waals surface area contributed by atoms with Gasteiger partial charge in [-0.05, 0) is 23.8 Å². The summed E-state index contributed by atoms with van der Waals surface area (Å²) in [6, 6.07) is 13.6. The molecule has 1 N–H and O–H groups in total. The largest absolute Gasteiger partial charge is 0.325 e. The van der Waals surface area contributed by atoms with Gasteiger partial charge in [-0.2, -0.15) is 0 Å². The number of nitrogens with one attached hydrogen (secondary N) is 1. The molecular weight excluding hydrogens is 330 g/mol. The zero-order chi connectivity index (χ0) is 14.4. The molecule has 0 aliphatic carbocycles. The second-order valence-electron chi connectivity index (χ2n) is 4.93. The van der Waals surface area contributed by atoms with Crippen molar-refractivity contribution in [3.63, 3.8) is 0 Å². The number of hydrogen-bond acceptors (Lipinski definition) is 3. The van der Waals surface area contributed by atoms with Crippen LogP contribution in [-0.4, -0.2) is 15.9 Å². The molecule has 1 aliphatic rings. The molecule has 1 aliphatic heterocycles. The van der Waals surface area contributed by atoms with E-state index in [4.69, 9.17) is 0 Å². The van der Waals surface area contributed by atoms with E-state index in [0.717, 1.165) is 32.3 Å². The molecule has 5 heteroatoms. The molecule has 0 radical (unpaired) electrons. The van der Waals surface area contributed by atoms with Gasteiger partial charge in [0.25, 0.3) is 0 Å². The Labute approximate surface area is 129 Å². The van der Waals surface area contributed by atoms with Gasteiger partial charge in [0.05, 0.1) is 11.2 Å². The maximum Gasteiger partial charge on any atom is 0.238 e. The van der Waals surface area contributed by atoms with Gasteiger partial charge in [0.1, 0.15) is 12.2 Å². The molecule has 1 unspecified atom stereocenters. The molecule has 1 aromatic heterocycles. The molecule has 0 fully saturated rings. The molecular formula is C16H10BrN3O. The van der Waals surface area contributed by atoms with Gasteiger partial charge in [-0.25, -0.2) is 9.97 Å². The highest BCUT2D eigenvalue weighted by Gasteiger charge is 2.34. The summed E-state index contributed by atoms with van der Waals surface area (Å²) in [5, 5.41) is 3.84. The molecule has 1 atom stereocenters. The van der Waals surface area contributed by atoms with Gasteiger partial charge >= 0.3 is 0 Å². The minimum absolute atomic E-state index is 0.0491. The first-order valence-electron chi connectivity index (χ1n) is 6.54. The van der Waals surface area contributed by atoms with Crippen LogP contribution in [0.5, 0.6) is 0 Å². The lowest BCUT2D eigenvalue weighted by molar-refractivity contribution is -0.116. The van der Waals surface area contributed by atoms with E-state index in [1.54, 1.807) is 0 Å². The molecule has 21 heavy (non-hydrogen) atoms. The van der Waals surface area contributed by atoms with Crippen molar-refractivity contribution in [1.29, 1.82) is 0 Å². The lowest BCUT2D eigenvalue weighted by Crippen LogP contribution is -2.15. The predicted molar refractivity (Wildman–Crippen MR) is 84.2 cm³/mol. The zero-order valence-electron chi connectivity index (χ0n) is 10.9. The summed E-state index contributed by atoms with van der Waals surface area (Å²) >= 11 is 3.42. The number of hydrogen-bond donors (Lipinski definition) is 1. The average molecular weight is 340 g/mol. The van der Waals surface area contributed by atoms with Gasteiger partial charge in [-0.15, -0.1) is 0 Å². The lowest BCUT2D eigenvalue weighted by Gasteiger charge is -2.10. The van der Waals surface area contributed by atoms with Crippen molar-refractivity contribution in [2.75, 3.05) is 5.32 Å². The lowest BCUT2D eigenvalue weighted by atomic mass is 9.94. The standard InChI is InChI=1S/C16H10BrN3O/c17-9-5-6-10-13(7-9)20-16(21)14(10)15-11-3-1-2-4-12(11)18-8-19-15/h1-8,14H,(H,20,21). The molecule has 0 saturated carbocycles. The first kappa shape index (κ1) is 12.5. The Morgan fingerprint density at radius 2 is 1.95 bits per heavy atom. The van der Waals surface area contributed by atoms with Crippen LogP contribution in [0.4, 0.5) is 5.69 Å². The Bertz CT molecular complexity index is 873. The van der Waals surface area contributed by atoms with Gasteiger partial charge in [0, 0.05) is 15.5 Å². The highest BCUT2D eigenvalue weighted by molar-refractivity contribution is 9.10. The molecule has 102 valence electrons. The van der Waals surface area contributed by atoms with Crippen LogP contribution in [-0.2, 0) is 4.79 Å². The van der Waals surface area contributed by atoms with Crippen LogP contribution >= 0.6 is 15.9 Å². The topological polar surface area (TPSA) is 54.9 Å². The number of carbonyl (C=O) groups excluding carboxylic acids is 1. The Morgan fingerprint density at radius 1 is 1.10 bits per heavy atom. The summed E-state index contributed by atoms with van der Waals surface area (Å²) in [4.78, 5) is 21.0. The van der Waals surface area contributed by atoms with E-state index >= 15 is 0 Å². The molecule has 1 amide bonds. The number of carbonyl (C=O) groups is 1. The second kappa shape index (κ2) is 4.63. The van der Waals surface area contributed by atoms with Crippen LogP contribution in [0.3, 0.4) is 0 Å². The number of nitrogens with zero attached hydrogens (tertiary/aromatic N) is 2. The van der Waals surface area contributed by atoms with Crippen LogP contribution in [0, 0.1) is 0 Å². The van der Waals surface area contributed by atoms with E-state index in [-0.39, 0.29) is 11.8 Å². The van der Waals surface area contributed by atoms with Crippen molar-refractivity contribution in [3.8, 4) is 0 Å². The quantitative estimate of drug-likeness (QED) is 0.738. The Balaban J connectivity index is 1.96. The van der Waals surface area contributed by atoms with Crippen molar-refractivity contribution in [1.82, 2.24) is 9.97 Å². The van der Waals surface area contributed by atoms with Crippen molar-refractivity contribution in [2.24, 2.45) is 0 Å². The van der Waals surface area contributed by atoms with Crippen molar-refractivity contribution < 1.29 is 4.79 Å². The van der Waals surface area contributed by atoms with E-state index in [9.17, 15) is 4.79 Å². The molecule has 3 aromatic rings. The third-order valence-electron chi connectivity index (χ3n) is 3.69. The molecule has 2 aromatic carbocycles. The summed E-state index contributed by atoms with van der Waals surface area (Å²) in [7, 11) is 0. The zero-order valence-corrected chi connectivity index (χ0v) is 12.5. The highest BCUT2D eigenvalue weighted by Crippen LogP contribution is 2.39. The Kier molecular flexibility index (Phi) is 2.75. The average Bonchev–Trinajstić information content (AvgIpc) is 2.81. The maximum atomic E-state index is 12.4. The van der Waals surface area contributed by atoms with Crippen LogP contribution in [0.25, 0.3) is 10.9 Å². The summed E-state index contributed by atoms with van der Waals surface area (Å²) < 4.78 is 0.940. The third-order valence-corrected chi connectivity index (χ3v) is 4.19. The molecule has 0 spiro atoms. The van der Waals surface area contributed by atoms with Crippen LogP contribution in [0.15, 0.2) is 53.3 Å². The van der Waals surface area contributed by atoms with E-state index in [1.165, 1.54) is 6.33 Å². The van der Waals surface area contributed by atoms with Crippen LogP contribution in [0.1, 0.15) is 17.2 Å². The fourth-order valence-electron chi connectivity index (χ4n) is 2.76. The molecule has 4 nitrogen and oxygen atoms in total. The number of para-hydroxylation sites is 1. The minimum atomic E-state index is -0.388. The normalized spacial score (nSPS) is 16.8.